The van der Waals surface area contributed by atoms with E-state index in [1.807, 2.05) is 7.05 Å². The SMILES string of the molecule is CCCOc1cc(C)ccc1CNC(=NC)NCC(C)CN1CCOCC1. The second kappa shape index (κ2) is 11.8. The predicted octanol–water partition coefficient (Wildman–Crippen LogP) is 2.42. The molecule has 1 unspecified atom stereocenters. The van der Waals surface area contributed by atoms with Crippen molar-refractivity contribution in [2.75, 3.05) is 53.0 Å². The van der Waals surface area contributed by atoms with Crippen LogP contribution in [0.25, 0.3) is 0 Å². The maximum atomic E-state index is 5.90. The van der Waals surface area contributed by atoms with Crippen molar-refractivity contribution < 1.29 is 9.47 Å². The number of aliphatic imine (C=N–C) groups is 1. The maximum absolute atomic E-state index is 5.90. The van der Waals surface area contributed by atoms with E-state index in [1.165, 1.54) is 5.56 Å². The van der Waals surface area contributed by atoms with E-state index < -0.39 is 0 Å². The molecule has 0 spiro atoms. The normalized spacial score (nSPS) is 16.8. The van der Waals surface area contributed by atoms with E-state index >= 15 is 0 Å². The van der Waals surface area contributed by atoms with E-state index in [0.717, 1.165) is 69.7 Å². The molecule has 1 aliphatic heterocycles. The maximum Gasteiger partial charge on any atom is 0.191 e. The van der Waals surface area contributed by atoms with Gasteiger partial charge in [0.2, 0.25) is 0 Å². The highest BCUT2D eigenvalue weighted by atomic mass is 16.5. The van der Waals surface area contributed by atoms with Gasteiger partial charge in [-0.05, 0) is 30.9 Å². The Morgan fingerprint density at radius 1 is 1.30 bits per heavy atom. The van der Waals surface area contributed by atoms with Gasteiger partial charge in [0, 0.05) is 45.3 Å². The molecule has 6 heteroatoms. The Hall–Kier alpha value is -1.79. The molecule has 0 aromatic heterocycles. The lowest BCUT2D eigenvalue weighted by atomic mass is 10.1. The van der Waals surface area contributed by atoms with Gasteiger partial charge in [-0.3, -0.25) is 9.89 Å². The van der Waals surface area contributed by atoms with Gasteiger partial charge in [0.05, 0.1) is 19.8 Å². The lowest BCUT2D eigenvalue weighted by Gasteiger charge is -2.29. The standard InChI is InChI=1S/C21H36N4O2/c1-5-10-27-20-13-17(2)6-7-19(20)15-24-21(22-4)23-14-18(3)16-25-8-11-26-12-9-25/h6-7,13,18H,5,8-12,14-16H2,1-4H3,(H2,22,23,24). The van der Waals surface area contributed by atoms with Crippen LogP contribution in [0.2, 0.25) is 0 Å². The van der Waals surface area contributed by atoms with Crippen LogP contribution in [-0.2, 0) is 11.3 Å². The highest BCUT2D eigenvalue weighted by Crippen LogP contribution is 2.20. The third-order valence-electron chi connectivity index (χ3n) is 4.65. The van der Waals surface area contributed by atoms with Gasteiger partial charge in [0.1, 0.15) is 5.75 Å². The second-order valence-electron chi connectivity index (χ2n) is 7.28. The van der Waals surface area contributed by atoms with E-state index in [0.29, 0.717) is 12.5 Å². The topological polar surface area (TPSA) is 58.1 Å². The summed E-state index contributed by atoms with van der Waals surface area (Å²) in [6.07, 6.45) is 1.01. The zero-order chi connectivity index (χ0) is 19.5. The molecule has 0 radical (unpaired) electrons. The molecule has 1 heterocycles. The van der Waals surface area contributed by atoms with Gasteiger partial charge in [-0.15, -0.1) is 0 Å². The quantitative estimate of drug-likeness (QED) is 0.512. The van der Waals surface area contributed by atoms with Crippen molar-refractivity contribution in [3.63, 3.8) is 0 Å². The molecule has 152 valence electrons. The summed E-state index contributed by atoms with van der Waals surface area (Å²) in [5.74, 6) is 2.33. The van der Waals surface area contributed by atoms with Crippen LogP contribution < -0.4 is 15.4 Å². The zero-order valence-corrected chi connectivity index (χ0v) is 17.4. The van der Waals surface area contributed by atoms with Gasteiger partial charge >= 0.3 is 0 Å². The number of hydrogen-bond acceptors (Lipinski definition) is 4. The number of guanidine groups is 1. The van der Waals surface area contributed by atoms with Crippen molar-refractivity contribution in [2.24, 2.45) is 10.9 Å². The van der Waals surface area contributed by atoms with Crippen molar-refractivity contribution in [2.45, 2.75) is 33.7 Å². The molecule has 1 aliphatic rings. The Kier molecular flexibility index (Phi) is 9.42. The minimum Gasteiger partial charge on any atom is -0.493 e. The number of hydrogen-bond donors (Lipinski definition) is 2. The highest BCUT2D eigenvalue weighted by Gasteiger charge is 2.14. The average molecular weight is 377 g/mol. The van der Waals surface area contributed by atoms with Gasteiger partial charge in [-0.25, -0.2) is 0 Å². The Balaban J connectivity index is 1.79. The molecule has 1 atom stereocenters. The average Bonchev–Trinajstić information content (AvgIpc) is 2.68. The molecule has 6 nitrogen and oxygen atoms in total. The molecule has 0 amide bonds. The van der Waals surface area contributed by atoms with Crippen LogP contribution in [0.5, 0.6) is 5.75 Å². The molecule has 0 saturated carbocycles. The summed E-state index contributed by atoms with van der Waals surface area (Å²) in [5, 5.41) is 6.85. The summed E-state index contributed by atoms with van der Waals surface area (Å²) in [7, 11) is 1.81. The van der Waals surface area contributed by atoms with Gasteiger partial charge in [0.15, 0.2) is 5.96 Å². The molecular formula is C21H36N4O2. The van der Waals surface area contributed by atoms with E-state index in [9.17, 15) is 0 Å². The minimum absolute atomic E-state index is 0.546. The summed E-state index contributed by atoms with van der Waals surface area (Å²) in [4.78, 5) is 6.82. The molecule has 27 heavy (non-hydrogen) atoms. The van der Waals surface area contributed by atoms with Crippen molar-refractivity contribution in [3.05, 3.63) is 29.3 Å². The van der Waals surface area contributed by atoms with Crippen LogP contribution >= 0.6 is 0 Å². The number of benzene rings is 1. The number of rotatable bonds is 9. The summed E-state index contributed by atoms with van der Waals surface area (Å²) in [5.41, 5.74) is 2.36. The van der Waals surface area contributed by atoms with E-state index in [1.54, 1.807) is 0 Å². The smallest absolute Gasteiger partial charge is 0.191 e. The number of ether oxygens (including phenoxy) is 2. The predicted molar refractivity (Wildman–Crippen MR) is 112 cm³/mol. The van der Waals surface area contributed by atoms with Gasteiger partial charge in [-0.2, -0.15) is 0 Å². The fourth-order valence-electron chi connectivity index (χ4n) is 3.11. The molecule has 1 saturated heterocycles. The summed E-state index contributed by atoms with van der Waals surface area (Å²) < 4.78 is 11.3. The van der Waals surface area contributed by atoms with Crippen LogP contribution in [0.1, 0.15) is 31.4 Å². The second-order valence-corrected chi connectivity index (χ2v) is 7.28. The Bertz CT molecular complexity index is 586. The van der Waals surface area contributed by atoms with Crippen LogP contribution in [0.15, 0.2) is 23.2 Å². The van der Waals surface area contributed by atoms with Gasteiger partial charge < -0.3 is 20.1 Å². The van der Waals surface area contributed by atoms with Crippen molar-refractivity contribution >= 4 is 5.96 Å². The molecule has 2 rings (SSSR count). The number of morpholine rings is 1. The third-order valence-corrected chi connectivity index (χ3v) is 4.65. The van der Waals surface area contributed by atoms with Crippen molar-refractivity contribution in [1.82, 2.24) is 15.5 Å². The molecule has 1 fully saturated rings. The van der Waals surface area contributed by atoms with Crippen LogP contribution in [0, 0.1) is 12.8 Å². The van der Waals surface area contributed by atoms with Gasteiger partial charge in [0.25, 0.3) is 0 Å². The first-order chi connectivity index (χ1) is 13.1. The van der Waals surface area contributed by atoms with Crippen molar-refractivity contribution in [1.29, 1.82) is 0 Å². The first-order valence-corrected chi connectivity index (χ1v) is 10.1. The van der Waals surface area contributed by atoms with Crippen molar-refractivity contribution in [3.8, 4) is 5.75 Å². The molecular weight excluding hydrogens is 340 g/mol. The fraction of sp³-hybridized carbons (Fsp3) is 0.667. The first-order valence-electron chi connectivity index (χ1n) is 10.1. The van der Waals surface area contributed by atoms with Gasteiger partial charge in [-0.1, -0.05) is 26.0 Å². The molecule has 0 aliphatic carbocycles. The summed E-state index contributed by atoms with van der Waals surface area (Å²) >= 11 is 0. The lowest BCUT2D eigenvalue weighted by Crippen LogP contribution is -2.43. The third kappa shape index (κ3) is 7.77. The summed E-state index contributed by atoms with van der Waals surface area (Å²) in [6, 6.07) is 6.35. The molecule has 2 N–H and O–H groups in total. The Labute approximate surface area is 164 Å². The Morgan fingerprint density at radius 2 is 2.07 bits per heavy atom. The Morgan fingerprint density at radius 3 is 2.78 bits per heavy atom. The van der Waals surface area contributed by atoms with E-state index in [-0.39, 0.29) is 0 Å². The monoisotopic (exact) mass is 376 g/mol. The highest BCUT2D eigenvalue weighted by molar-refractivity contribution is 5.79. The van der Waals surface area contributed by atoms with Crippen LogP contribution in [-0.4, -0.2) is 63.9 Å². The molecule has 0 bridgehead atoms. The lowest BCUT2D eigenvalue weighted by molar-refractivity contribution is 0.0320. The molecule has 1 aromatic carbocycles. The van der Waals surface area contributed by atoms with E-state index in [2.05, 4.69) is 59.5 Å². The largest absolute Gasteiger partial charge is 0.493 e. The summed E-state index contributed by atoms with van der Waals surface area (Å²) in [6.45, 7) is 13.7. The molecule has 1 aromatic rings. The number of nitrogens with one attached hydrogen (secondary N) is 2. The van der Waals surface area contributed by atoms with E-state index in [4.69, 9.17) is 9.47 Å². The van der Waals surface area contributed by atoms with Crippen LogP contribution in [0.4, 0.5) is 0 Å². The van der Waals surface area contributed by atoms with Crippen LogP contribution in [0.3, 0.4) is 0 Å². The number of aryl methyl sites for hydroxylation is 1. The minimum atomic E-state index is 0.546. The zero-order valence-electron chi connectivity index (χ0n) is 17.4. The first kappa shape index (κ1) is 21.5. The fourth-order valence-corrected chi connectivity index (χ4v) is 3.11. The number of nitrogens with zero attached hydrogens (tertiary/aromatic N) is 2.